The number of hydrogen-bond donors (Lipinski definition) is 1. The molecule has 2 nitrogen and oxygen atoms in total. The van der Waals surface area contributed by atoms with Crippen LogP contribution < -0.4 is 0 Å². The predicted molar refractivity (Wildman–Crippen MR) is 52.5 cm³/mol. The number of hydrogen-bond acceptors (Lipinski definition) is 1. The number of aliphatic carboxylic acids is 1. The molecule has 1 rings (SSSR count). The fourth-order valence-corrected chi connectivity index (χ4v) is 1.35. The molecule has 0 heterocycles. The first-order chi connectivity index (χ1) is 7.19. The maximum absolute atomic E-state index is 13.8. The molecule has 88 valence electrons. The van der Waals surface area contributed by atoms with Gasteiger partial charge in [-0.3, -0.25) is 0 Å². The van der Waals surface area contributed by atoms with Crippen LogP contribution in [0, 0.1) is 0 Å². The molecule has 1 aromatic rings. The summed E-state index contributed by atoms with van der Waals surface area (Å²) in [5, 5.41) is 8.34. The SMILES string of the molecule is CC(F)(c1cccc(Cl)c1)C(F)(F)C(=O)O. The van der Waals surface area contributed by atoms with Crippen LogP contribution in [0.25, 0.3) is 0 Å². The van der Waals surface area contributed by atoms with Crippen molar-refractivity contribution in [1.29, 1.82) is 0 Å². The molecule has 0 saturated carbocycles. The summed E-state index contributed by atoms with van der Waals surface area (Å²) < 4.78 is 40.1. The van der Waals surface area contributed by atoms with E-state index < -0.39 is 23.1 Å². The molecule has 6 heteroatoms. The second kappa shape index (κ2) is 3.97. The van der Waals surface area contributed by atoms with E-state index in [1.54, 1.807) is 0 Å². The zero-order chi connectivity index (χ0) is 12.6. The van der Waals surface area contributed by atoms with E-state index in [0.29, 0.717) is 6.92 Å². The summed E-state index contributed by atoms with van der Waals surface area (Å²) in [6.07, 6.45) is 0. The van der Waals surface area contributed by atoms with E-state index in [1.807, 2.05) is 0 Å². The number of halogens is 4. The molecule has 1 unspecified atom stereocenters. The third-order valence-corrected chi connectivity index (χ3v) is 2.46. The highest BCUT2D eigenvalue weighted by Gasteiger charge is 2.58. The van der Waals surface area contributed by atoms with Crippen LogP contribution in [-0.2, 0) is 10.5 Å². The Balaban J connectivity index is 3.26. The molecule has 1 atom stereocenters. The lowest BCUT2D eigenvalue weighted by molar-refractivity contribution is -0.190. The molecule has 0 bridgehead atoms. The second-order valence-corrected chi connectivity index (χ2v) is 3.83. The molecule has 0 amide bonds. The van der Waals surface area contributed by atoms with Crippen molar-refractivity contribution in [2.24, 2.45) is 0 Å². The Morgan fingerprint density at radius 3 is 2.38 bits per heavy atom. The fourth-order valence-electron chi connectivity index (χ4n) is 1.16. The molecule has 0 radical (unpaired) electrons. The van der Waals surface area contributed by atoms with E-state index in [2.05, 4.69) is 0 Å². The van der Waals surface area contributed by atoms with Gasteiger partial charge in [-0.2, -0.15) is 8.78 Å². The minimum absolute atomic E-state index is 0.0579. The zero-order valence-electron chi connectivity index (χ0n) is 8.18. The van der Waals surface area contributed by atoms with E-state index in [-0.39, 0.29) is 5.02 Å². The number of alkyl halides is 3. The summed E-state index contributed by atoms with van der Waals surface area (Å²) in [5.74, 6) is -7.03. The Hall–Kier alpha value is -1.23. The Morgan fingerprint density at radius 2 is 1.94 bits per heavy atom. The first kappa shape index (κ1) is 12.8. The minimum atomic E-state index is -4.52. The van der Waals surface area contributed by atoms with Crippen LogP contribution in [0.1, 0.15) is 12.5 Å². The van der Waals surface area contributed by atoms with Crippen molar-refractivity contribution in [2.75, 3.05) is 0 Å². The monoisotopic (exact) mass is 252 g/mol. The Kier molecular flexibility index (Phi) is 3.19. The number of carbonyl (C=O) groups is 1. The standard InChI is InChI=1S/C10H8ClF3O2/c1-9(12,10(13,14)8(15)16)6-3-2-4-7(11)5-6/h2-5H,1H3,(H,15,16). The van der Waals surface area contributed by atoms with Gasteiger partial charge in [-0.1, -0.05) is 23.7 Å². The molecule has 0 aliphatic carbocycles. The zero-order valence-corrected chi connectivity index (χ0v) is 8.93. The summed E-state index contributed by atoms with van der Waals surface area (Å²) >= 11 is 5.52. The quantitative estimate of drug-likeness (QED) is 0.897. The van der Waals surface area contributed by atoms with E-state index in [1.165, 1.54) is 12.1 Å². The Morgan fingerprint density at radius 1 is 1.38 bits per heavy atom. The summed E-state index contributed by atoms with van der Waals surface area (Å²) in [7, 11) is 0. The minimum Gasteiger partial charge on any atom is -0.477 e. The van der Waals surface area contributed by atoms with Gasteiger partial charge in [0.1, 0.15) is 0 Å². The Bertz CT molecular complexity index is 418. The van der Waals surface area contributed by atoms with Gasteiger partial charge in [0.25, 0.3) is 0 Å². The molecule has 1 aromatic carbocycles. The van der Waals surface area contributed by atoms with Crippen LogP contribution in [-0.4, -0.2) is 17.0 Å². The van der Waals surface area contributed by atoms with Crippen molar-refractivity contribution in [3.63, 3.8) is 0 Å². The average molecular weight is 253 g/mol. The average Bonchev–Trinajstić information content (AvgIpc) is 2.17. The molecule has 0 aromatic heterocycles. The molecular weight excluding hydrogens is 245 g/mol. The number of rotatable bonds is 3. The van der Waals surface area contributed by atoms with Crippen LogP contribution in [0.5, 0.6) is 0 Å². The molecule has 0 spiro atoms. The molecular formula is C10H8ClF3O2. The smallest absolute Gasteiger partial charge is 0.379 e. The summed E-state index contributed by atoms with van der Waals surface area (Å²) in [4.78, 5) is 10.3. The van der Waals surface area contributed by atoms with Crippen LogP contribution >= 0.6 is 11.6 Å². The largest absolute Gasteiger partial charge is 0.477 e. The highest BCUT2D eigenvalue weighted by Crippen LogP contribution is 2.41. The van der Waals surface area contributed by atoms with Crippen molar-refractivity contribution in [3.8, 4) is 0 Å². The normalized spacial score (nSPS) is 15.6. The van der Waals surface area contributed by atoms with Gasteiger partial charge in [0.2, 0.25) is 5.67 Å². The van der Waals surface area contributed by atoms with Crippen molar-refractivity contribution in [1.82, 2.24) is 0 Å². The van der Waals surface area contributed by atoms with Gasteiger partial charge in [-0.15, -0.1) is 0 Å². The summed E-state index contributed by atoms with van der Waals surface area (Å²) in [6.45, 7) is 0.507. The lowest BCUT2D eigenvalue weighted by Crippen LogP contribution is -2.45. The summed E-state index contributed by atoms with van der Waals surface area (Å²) in [5.41, 5.74) is -3.80. The predicted octanol–water partition coefficient (Wildman–Crippen LogP) is 3.24. The number of benzene rings is 1. The van der Waals surface area contributed by atoms with Crippen LogP contribution in [0.4, 0.5) is 13.2 Å². The third-order valence-electron chi connectivity index (χ3n) is 2.22. The number of carboxylic acids is 1. The van der Waals surface area contributed by atoms with E-state index in [9.17, 15) is 18.0 Å². The van der Waals surface area contributed by atoms with Crippen LogP contribution in [0.2, 0.25) is 5.02 Å². The van der Waals surface area contributed by atoms with E-state index >= 15 is 0 Å². The van der Waals surface area contributed by atoms with E-state index in [4.69, 9.17) is 16.7 Å². The van der Waals surface area contributed by atoms with Gasteiger partial charge >= 0.3 is 11.9 Å². The van der Waals surface area contributed by atoms with E-state index in [0.717, 1.165) is 12.1 Å². The van der Waals surface area contributed by atoms with Crippen LogP contribution in [0.15, 0.2) is 24.3 Å². The molecule has 1 N–H and O–H groups in total. The van der Waals surface area contributed by atoms with Gasteiger partial charge in [-0.05, 0) is 24.6 Å². The summed E-state index contributed by atoms with van der Waals surface area (Å²) in [6, 6.07) is 4.68. The lowest BCUT2D eigenvalue weighted by atomic mass is 9.91. The molecule has 0 aliphatic heterocycles. The van der Waals surface area contributed by atoms with Gasteiger partial charge in [0.05, 0.1) is 0 Å². The highest BCUT2D eigenvalue weighted by atomic mass is 35.5. The highest BCUT2D eigenvalue weighted by molar-refractivity contribution is 6.30. The van der Waals surface area contributed by atoms with Crippen molar-refractivity contribution in [2.45, 2.75) is 18.5 Å². The van der Waals surface area contributed by atoms with Crippen molar-refractivity contribution < 1.29 is 23.1 Å². The topological polar surface area (TPSA) is 37.3 Å². The van der Waals surface area contributed by atoms with Gasteiger partial charge in [0.15, 0.2) is 0 Å². The van der Waals surface area contributed by atoms with Crippen LogP contribution in [0.3, 0.4) is 0 Å². The van der Waals surface area contributed by atoms with Gasteiger partial charge < -0.3 is 5.11 Å². The maximum Gasteiger partial charge on any atom is 0.379 e. The lowest BCUT2D eigenvalue weighted by Gasteiger charge is -2.27. The number of carboxylic acid groups (broad SMARTS) is 1. The molecule has 0 fully saturated rings. The van der Waals surface area contributed by atoms with Gasteiger partial charge in [-0.25, -0.2) is 9.18 Å². The van der Waals surface area contributed by atoms with Crippen molar-refractivity contribution in [3.05, 3.63) is 34.9 Å². The first-order valence-electron chi connectivity index (χ1n) is 4.26. The second-order valence-electron chi connectivity index (χ2n) is 3.39. The van der Waals surface area contributed by atoms with Gasteiger partial charge in [0, 0.05) is 5.02 Å². The Labute approximate surface area is 94.6 Å². The molecule has 16 heavy (non-hydrogen) atoms. The van der Waals surface area contributed by atoms with Crippen molar-refractivity contribution >= 4 is 17.6 Å². The third kappa shape index (κ3) is 2.00. The molecule has 0 aliphatic rings. The fraction of sp³-hybridized carbons (Fsp3) is 0.300. The first-order valence-corrected chi connectivity index (χ1v) is 4.63. The molecule has 0 saturated heterocycles. The maximum atomic E-state index is 13.8.